The second-order valence-corrected chi connectivity index (χ2v) is 5.43. The van der Waals surface area contributed by atoms with Gasteiger partial charge in [-0.3, -0.25) is 4.57 Å². The van der Waals surface area contributed by atoms with Crippen molar-refractivity contribution in [2.45, 2.75) is 20.3 Å². The molecule has 0 saturated carbocycles. The van der Waals surface area contributed by atoms with E-state index >= 15 is 0 Å². The number of rotatable bonds is 4. The molecule has 0 fully saturated rings. The molecule has 0 aliphatic rings. The number of carbonyl (C=O) groups excluding carboxylic acids is 1. The minimum absolute atomic E-state index is 0.0915. The molecule has 2 N–H and O–H groups in total. The first kappa shape index (κ1) is 15.7. The highest BCUT2D eigenvalue weighted by molar-refractivity contribution is 14.1. The van der Waals surface area contributed by atoms with Gasteiger partial charge in [-0.05, 0) is 47.7 Å². The molecule has 0 aliphatic carbocycles. The average molecular weight is 403 g/mol. The number of benzene rings is 1. The third kappa shape index (κ3) is 3.02. The van der Waals surface area contributed by atoms with Crippen molar-refractivity contribution in [2.75, 3.05) is 12.3 Å². The van der Waals surface area contributed by atoms with Gasteiger partial charge in [0, 0.05) is 9.99 Å². The van der Waals surface area contributed by atoms with Gasteiger partial charge in [-0.1, -0.05) is 6.92 Å². The molecule has 0 amide bonds. The molecule has 1 heterocycles. The SMILES string of the molecule is CCOC(=O)c1nc(CC)n(-c2ccc(F)cc2I)c1N. The predicted molar refractivity (Wildman–Crippen MR) is 86.0 cm³/mol. The molecule has 1 aromatic heterocycles. The Bertz CT molecular complexity index is 685. The topological polar surface area (TPSA) is 70.1 Å². The van der Waals surface area contributed by atoms with E-state index < -0.39 is 5.97 Å². The van der Waals surface area contributed by atoms with Crippen molar-refractivity contribution in [1.82, 2.24) is 9.55 Å². The van der Waals surface area contributed by atoms with Gasteiger partial charge in [0.2, 0.25) is 0 Å². The lowest BCUT2D eigenvalue weighted by atomic mass is 10.3. The second-order valence-electron chi connectivity index (χ2n) is 4.27. The lowest BCUT2D eigenvalue weighted by molar-refractivity contribution is 0.0521. The van der Waals surface area contributed by atoms with Gasteiger partial charge in [0.05, 0.1) is 12.3 Å². The fraction of sp³-hybridized carbons (Fsp3) is 0.286. The summed E-state index contributed by atoms with van der Waals surface area (Å²) in [6.45, 7) is 3.87. The molecule has 5 nitrogen and oxygen atoms in total. The van der Waals surface area contributed by atoms with E-state index in [1.54, 1.807) is 17.6 Å². The highest BCUT2D eigenvalue weighted by Crippen LogP contribution is 2.26. The molecule has 2 aromatic rings. The molecular formula is C14H15FIN3O2. The Hall–Kier alpha value is -1.64. The van der Waals surface area contributed by atoms with E-state index in [9.17, 15) is 9.18 Å². The number of esters is 1. The quantitative estimate of drug-likeness (QED) is 0.630. The Kier molecular flexibility index (Phi) is 4.81. The summed E-state index contributed by atoms with van der Waals surface area (Å²) in [5.41, 5.74) is 6.83. The molecular weight excluding hydrogens is 388 g/mol. The van der Waals surface area contributed by atoms with E-state index in [1.807, 2.05) is 29.5 Å². The molecule has 0 unspecified atom stereocenters. The van der Waals surface area contributed by atoms with Crippen LogP contribution in [0, 0.1) is 9.39 Å². The maximum Gasteiger partial charge on any atom is 0.360 e. The van der Waals surface area contributed by atoms with E-state index in [4.69, 9.17) is 10.5 Å². The van der Waals surface area contributed by atoms with Crippen LogP contribution in [0.3, 0.4) is 0 Å². The van der Waals surface area contributed by atoms with Crippen LogP contribution in [-0.4, -0.2) is 22.1 Å². The number of imidazole rings is 1. The smallest absolute Gasteiger partial charge is 0.360 e. The number of carbonyl (C=O) groups is 1. The largest absolute Gasteiger partial charge is 0.461 e. The van der Waals surface area contributed by atoms with E-state index in [2.05, 4.69) is 4.98 Å². The summed E-state index contributed by atoms with van der Waals surface area (Å²) in [6.07, 6.45) is 0.580. The zero-order chi connectivity index (χ0) is 15.6. The monoisotopic (exact) mass is 403 g/mol. The number of aryl methyl sites for hydroxylation is 1. The molecule has 0 spiro atoms. The minimum Gasteiger partial charge on any atom is -0.461 e. The Morgan fingerprint density at radius 3 is 2.76 bits per heavy atom. The first-order chi connectivity index (χ1) is 9.99. The van der Waals surface area contributed by atoms with Crippen LogP contribution in [0.2, 0.25) is 0 Å². The fourth-order valence-electron chi connectivity index (χ4n) is 2.00. The summed E-state index contributed by atoms with van der Waals surface area (Å²) in [4.78, 5) is 16.1. The molecule has 21 heavy (non-hydrogen) atoms. The second kappa shape index (κ2) is 6.42. The van der Waals surface area contributed by atoms with Crippen LogP contribution in [0.15, 0.2) is 18.2 Å². The van der Waals surface area contributed by atoms with Gasteiger partial charge in [0.1, 0.15) is 17.5 Å². The third-order valence-electron chi connectivity index (χ3n) is 2.92. The first-order valence-electron chi connectivity index (χ1n) is 6.49. The van der Waals surface area contributed by atoms with Crippen LogP contribution in [0.25, 0.3) is 5.69 Å². The van der Waals surface area contributed by atoms with Gasteiger partial charge in [0.25, 0.3) is 0 Å². The third-order valence-corrected chi connectivity index (χ3v) is 3.78. The Morgan fingerprint density at radius 1 is 1.48 bits per heavy atom. The predicted octanol–water partition coefficient (Wildman–Crippen LogP) is 2.94. The number of halogens is 2. The normalized spacial score (nSPS) is 10.7. The van der Waals surface area contributed by atoms with Crippen molar-refractivity contribution in [1.29, 1.82) is 0 Å². The molecule has 1 aromatic carbocycles. The molecule has 0 atom stereocenters. The zero-order valence-electron chi connectivity index (χ0n) is 11.7. The summed E-state index contributed by atoms with van der Waals surface area (Å²) < 4.78 is 20.5. The van der Waals surface area contributed by atoms with E-state index in [1.165, 1.54) is 12.1 Å². The summed E-state index contributed by atoms with van der Waals surface area (Å²) in [5.74, 6) is -0.0547. The van der Waals surface area contributed by atoms with Crippen molar-refractivity contribution in [2.24, 2.45) is 0 Å². The number of ether oxygens (including phenoxy) is 1. The van der Waals surface area contributed by atoms with Crippen LogP contribution in [0.1, 0.15) is 30.2 Å². The van der Waals surface area contributed by atoms with Crippen molar-refractivity contribution in [3.63, 3.8) is 0 Å². The average Bonchev–Trinajstić information content (AvgIpc) is 2.76. The lowest BCUT2D eigenvalue weighted by Gasteiger charge is -2.11. The molecule has 0 saturated heterocycles. The molecule has 0 bridgehead atoms. The van der Waals surface area contributed by atoms with Crippen molar-refractivity contribution < 1.29 is 13.9 Å². The minimum atomic E-state index is -0.555. The van der Waals surface area contributed by atoms with Gasteiger partial charge in [-0.2, -0.15) is 0 Å². The number of hydrogen-bond acceptors (Lipinski definition) is 4. The van der Waals surface area contributed by atoms with Gasteiger partial charge in [-0.25, -0.2) is 14.2 Å². The van der Waals surface area contributed by atoms with Crippen LogP contribution >= 0.6 is 22.6 Å². The number of nitrogens with zero attached hydrogens (tertiary/aromatic N) is 2. The van der Waals surface area contributed by atoms with Gasteiger partial charge >= 0.3 is 5.97 Å². The molecule has 0 radical (unpaired) electrons. The summed E-state index contributed by atoms with van der Waals surface area (Å²) in [6, 6.07) is 4.36. The Morgan fingerprint density at radius 2 is 2.19 bits per heavy atom. The summed E-state index contributed by atoms with van der Waals surface area (Å²) in [7, 11) is 0. The van der Waals surface area contributed by atoms with E-state index in [0.717, 1.165) is 0 Å². The maximum absolute atomic E-state index is 13.2. The highest BCUT2D eigenvalue weighted by atomic mass is 127. The first-order valence-corrected chi connectivity index (χ1v) is 7.57. The summed E-state index contributed by atoms with van der Waals surface area (Å²) in [5, 5.41) is 0. The van der Waals surface area contributed by atoms with Crippen molar-refractivity contribution in [3.05, 3.63) is 39.1 Å². The van der Waals surface area contributed by atoms with Crippen molar-refractivity contribution in [3.8, 4) is 5.69 Å². The number of nitrogens with two attached hydrogens (primary N) is 1. The van der Waals surface area contributed by atoms with Crippen LogP contribution in [0.4, 0.5) is 10.2 Å². The fourth-order valence-corrected chi connectivity index (χ4v) is 2.72. The number of anilines is 1. The van der Waals surface area contributed by atoms with Crippen LogP contribution < -0.4 is 5.73 Å². The molecule has 0 aliphatic heterocycles. The Labute approximate surface area is 135 Å². The molecule has 7 heteroatoms. The summed E-state index contributed by atoms with van der Waals surface area (Å²) >= 11 is 2.02. The number of aromatic nitrogens is 2. The van der Waals surface area contributed by atoms with Crippen molar-refractivity contribution >= 4 is 34.4 Å². The lowest BCUT2D eigenvalue weighted by Crippen LogP contribution is -2.10. The van der Waals surface area contributed by atoms with Gasteiger partial charge in [0.15, 0.2) is 5.69 Å². The van der Waals surface area contributed by atoms with Crippen LogP contribution in [0.5, 0.6) is 0 Å². The van der Waals surface area contributed by atoms with E-state index in [-0.39, 0.29) is 23.9 Å². The van der Waals surface area contributed by atoms with E-state index in [0.29, 0.717) is 21.5 Å². The Balaban J connectivity index is 2.60. The van der Waals surface area contributed by atoms with Gasteiger partial charge in [-0.15, -0.1) is 0 Å². The standard InChI is InChI=1S/C14H15FIN3O2/c1-3-11-18-12(14(20)21-4-2)13(17)19(11)10-6-5-8(15)7-9(10)16/h5-7H,3-4,17H2,1-2H3. The highest BCUT2D eigenvalue weighted by Gasteiger charge is 2.22. The zero-order valence-corrected chi connectivity index (χ0v) is 13.8. The molecule has 2 rings (SSSR count). The van der Waals surface area contributed by atoms with Gasteiger partial charge < -0.3 is 10.5 Å². The number of nitrogen functional groups attached to an aromatic ring is 1. The van der Waals surface area contributed by atoms with Crippen LogP contribution in [-0.2, 0) is 11.2 Å². The number of hydrogen-bond donors (Lipinski definition) is 1. The molecule has 112 valence electrons. The maximum atomic E-state index is 13.2.